The molecule has 2 bridgehead atoms. The van der Waals surface area contributed by atoms with Gasteiger partial charge in [0.2, 0.25) is 17.6 Å². The van der Waals surface area contributed by atoms with Crippen LogP contribution in [0, 0.1) is 23.1 Å². The van der Waals surface area contributed by atoms with E-state index in [1.54, 1.807) is 13.8 Å². The highest BCUT2D eigenvalue weighted by molar-refractivity contribution is 5.62. The Labute approximate surface area is 196 Å². The second-order valence-electron chi connectivity index (χ2n) is 9.04. The van der Waals surface area contributed by atoms with E-state index in [0.29, 0.717) is 12.5 Å². The summed E-state index contributed by atoms with van der Waals surface area (Å²) in [7, 11) is 0. The molecule has 2 aliphatic rings. The van der Waals surface area contributed by atoms with Crippen LogP contribution >= 0.6 is 0 Å². The molecule has 3 atom stereocenters. The van der Waals surface area contributed by atoms with Gasteiger partial charge in [0.15, 0.2) is 0 Å². The third kappa shape index (κ3) is 3.31. The molecule has 2 aromatic heterocycles. The molecule has 0 unspecified atom stereocenters. The fourth-order valence-electron chi connectivity index (χ4n) is 5.28. The minimum atomic E-state index is -4.81. The van der Waals surface area contributed by atoms with Gasteiger partial charge in [-0.05, 0) is 44.5 Å². The lowest BCUT2D eigenvalue weighted by Gasteiger charge is -2.29. The summed E-state index contributed by atoms with van der Waals surface area (Å²) in [5.74, 6) is -1.54. The zero-order valence-corrected chi connectivity index (χ0v) is 18.5. The van der Waals surface area contributed by atoms with Crippen LogP contribution < -0.4 is 4.74 Å². The summed E-state index contributed by atoms with van der Waals surface area (Å²) in [5.41, 5.74) is -3.55. The molecule has 1 saturated heterocycles. The summed E-state index contributed by atoms with van der Waals surface area (Å²) in [6, 6.07) is 7.01. The molecule has 2 N–H and O–H groups in total. The molecular weight excluding hydrogens is 470 g/mol. The number of pyridine rings is 1. The zero-order chi connectivity index (χ0) is 25.3. The maximum absolute atomic E-state index is 13.5. The molecule has 35 heavy (non-hydrogen) atoms. The van der Waals surface area contributed by atoms with Gasteiger partial charge < -0.3 is 19.7 Å². The fraction of sp³-hybridized carbons (Fsp3) is 0.333. The molecule has 0 aliphatic carbocycles. The normalized spacial score (nSPS) is 24.9. The van der Waals surface area contributed by atoms with Crippen LogP contribution in [0.25, 0.3) is 5.69 Å². The number of hydrogen-bond donors (Lipinski definition) is 2. The Morgan fingerprint density at radius 1 is 1.20 bits per heavy atom. The van der Waals surface area contributed by atoms with Crippen LogP contribution in [0.1, 0.15) is 42.5 Å². The molecular formula is C24H19F4N3O4. The van der Waals surface area contributed by atoms with E-state index in [1.165, 1.54) is 24.3 Å². The Balaban J connectivity index is 1.55. The number of ether oxygens (including phenoxy) is 2. The first-order chi connectivity index (χ1) is 16.4. The average molecular weight is 489 g/mol. The van der Waals surface area contributed by atoms with E-state index < -0.39 is 46.1 Å². The Hall–Kier alpha value is -3.78. The van der Waals surface area contributed by atoms with E-state index in [1.807, 2.05) is 0 Å². The van der Waals surface area contributed by atoms with Crippen LogP contribution in [0.2, 0.25) is 0 Å². The second kappa shape index (κ2) is 7.36. The van der Waals surface area contributed by atoms with Crippen LogP contribution in [0.3, 0.4) is 0 Å². The lowest BCUT2D eigenvalue weighted by Crippen LogP contribution is -2.32. The summed E-state index contributed by atoms with van der Waals surface area (Å²) in [6.07, 6.45) is -3.40. The summed E-state index contributed by atoms with van der Waals surface area (Å²) in [4.78, 5) is 3.86. The van der Waals surface area contributed by atoms with E-state index in [9.17, 15) is 27.8 Å². The first-order valence-corrected chi connectivity index (χ1v) is 10.6. The zero-order valence-electron chi connectivity index (χ0n) is 18.5. The van der Waals surface area contributed by atoms with Crippen molar-refractivity contribution in [1.29, 1.82) is 5.26 Å². The number of benzene rings is 1. The van der Waals surface area contributed by atoms with Gasteiger partial charge >= 0.3 is 6.18 Å². The molecule has 0 spiro atoms. The highest BCUT2D eigenvalue weighted by atomic mass is 19.4. The number of halogens is 4. The number of rotatable bonds is 4. The van der Waals surface area contributed by atoms with Crippen molar-refractivity contribution in [1.82, 2.24) is 9.55 Å². The number of hydrogen-bond acceptors (Lipinski definition) is 6. The van der Waals surface area contributed by atoms with E-state index in [0.717, 1.165) is 16.8 Å². The first-order valence-electron chi connectivity index (χ1n) is 10.6. The van der Waals surface area contributed by atoms with Crippen molar-refractivity contribution in [2.75, 3.05) is 6.61 Å². The van der Waals surface area contributed by atoms with Gasteiger partial charge in [-0.25, -0.2) is 9.37 Å². The quantitative estimate of drug-likeness (QED) is 0.507. The minimum Gasteiger partial charge on any atom is -0.494 e. The van der Waals surface area contributed by atoms with Gasteiger partial charge in [0.1, 0.15) is 11.4 Å². The minimum absolute atomic E-state index is 0.102. The van der Waals surface area contributed by atoms with Crippen molar-refractivity contribution in [3.63, 3.8) is 0 Å². The third-order valence-corrected chi connectivity index (χ3v) is 6.82. The van der Waals surface area contributed by atoms with Gasteiger partial charge in [0, 0.05) is 12.0 Å². The van der Waals surface area contributed by atoms with Crippen molar-refractivity contribution in [3.8, 4) is 29.4 Å². The predicted octanol–water partition coefficient (Wildman–Crippen LogP) is 4.87. The monoisotopic (exact) mass is 489 g/mol. The Kier molecular flexibility index (Phi) is 4.83. The average Bonchev–Trinajstić information content (AvgIpc) is 3.32. The van der Waals surface area contributed by atoms with Gasteiger partial charge in [-0.1, -0.05) is 0 Å². The van der Waals surface area contributed by atoms with E-state index in [4.69, 9.17) is 14.7 Å². The molecule has 1 aromatic carbocycles. The lowest BCUT2D eigenvalue weighted by atomic mass is 9.73. The maximum Gasteiger partial charge on any atom is 0.417 e. The number of alkyl halides is 3. The van der Waals surface area contributed by atoms with Crippen LogP contribution in [-0.4, -0.2) is 26.4 Å². The first kappa shape index (κ1) is 23.0. The van der Waals surface area contributed by atoms with Gasteiger partial charge in [0.25, 0.3) is 0 Å². The molecule has 0 saturated carbocycles. The van der Waals surface area contributed by atoms with E-state index in [2.05, 4.69) is 4.98 Å². The van der Waals surface area contributed by atoms with Crippen molar-refractivity contribution in [3.05, 3.63) is 64.6 Å². The molecule has 7 nitrogen and oxygen atoms in total. The number of aromatic hydroxyl groups is 2. The van der Waals surface area contributed by atoms with Crippen molar-refractivity contribution < 1.29 is 37.2 Å². The predicted molar refractivity (Wildman–Crippen MR) is 112 cm³/mol. The number of fused-ring (bicyclic) bond motifs is 5. The highest BCUT2D eigenvalue weighted by Gasteiger charge is 2.64. The fourth-order valence-corrected chi connectivity index (χ4v) is 5.28. The smallest absolute Gasteiger partial charge is 0.417 e. The molecule has 1 fully saturated rings. The van der Waals surface area contributed by atoms with Gasteiger partial charge in [-0.15, -0.1) is 0 Å². The van der Waals surface area contributed by atoms with Gasteiger partial charge in [-0.3, -0.25) is 4.57 Å². The Morgan fingerprint density at radius 3 is 2.54 bits per heavy atom. The summed E-state index contributed by atoms with van der Waals surface area (Å²) in [6.45, 7) is 3.53. The second-order valence-corrected chi connectivity index (χ2v) is 9.04. The Morgan fingerprint density at radius 2 is 1.91 bits per heavy atom. The van der Waals surface area contributed by atoms with Crippen LogP contribution in [-0.2, 0) is 22.1 Å². The topological polar surface area (TPSA) is 101 Å². The summed E-state index contributed by atoms with van der Waals surface area (Å²) >= 11 is 0. The molecule has 0 amide bonds. The van der Waals surface area contributed by atoms with Crippen LogP contribution in [0.5, 0.6) is 17.6 Å². The third-order valence-electron chi connectivity index (χ3n) is 6.82. The maximum atomic E-state index is 13.5. The van der Waals surface area contributed by atoms with Crippen LogP contribution in [0.15, 0.2) is 36.5 Å². The molecule has 0 radical (unpaired) electrons. The van der Waals surface area contributed by atoms with E-state index in [-0.39, 0.29) is 35.2 Å². The summed E-state index contributed by atoms with van der Waals surface area (Å²) in [5, 5.41) is 31.2. The van der Waals surface area contributed by atoms with Gasteiger partial charge in [0.05, 0.1) is 52.4 Å². The Bertz CT molecular complexity index is 1380. The molecule has 3 aromatic rings. The molecule has 182 valence electrons. The lowest BCUT2D eigenvalue weighted by molar-refractivity contribution is -0.137. The van der Waals surface area contributed by atoms with E-state index >= 15 is 0 Å². The molecule has 2 aliphatic heterocycles. The summed E-state index contributed by atoms with van der Waals surface area (Å²) < 4.78 is 66.5. The SMILES string of the molecule is C[C@]12C[C@@H](COc3ccc(F)cn3)[C@](C)(O1)c1c2c(O)n(-c2ccc(C#N)c(C(F)(F)F)c2)c1O. The van der Waals surface area contributed by atoms with Crippen molar-refractivity contribution in [2.24, 2.45) is 5.92 Å². The standard InChI is InChI=1S/C24H19F4N3O4/c1-22-8-13(11-34-17-6-4-14(25)10-30-17)23(2,35-22)19-18(22)20(32)31(21(19)33)15-5-3-12(9-29)16(7-15)24(26,27)28/h3-7,10,13,32-33H,8,11H2,1-2H3/t13-,22+,23-/m0/s1. The van der Waals surface area contributed by atoms with Crippen molar-refractivity contribution >= 4 is 0 Å². The number of aromatic nitrogens is 2. The van der Waals surface area contributed by atoms with Crippen LogP contribution in [0.4, 0.5) is 17.6 Å². The molecule has 11 heteroatoms. The largest absolute Gasteiger partial charge is 0.494 e. The molecule has 5 rings (SSSR count). The van der Waals surface area contributed by atoms with Crippen molar-refractivity contribution in [2.45, 2.75) is 37.6 Å². The number of nitrogens with zero attached hydrogens (tertiary/aromatic N) is 3. The van der Waals surface area contributed by atoms with Gasteiger partial charge in [-0.2, -0.15) is 18.4 Å². The molecule has 4 heterocycles. The number of nitriles is 1. The highest BCUT2D eigenvalue weighted by Crippen LogP contribution is 2.66.